The van der Waals surface area contributed by atoms with Crippen molar-refractivity contribution in [1.82, 2.24) is 0 Å². The molecular formula is C32H43NO5Si. The number of para-hydroxylation sites is 2. The van der Waals surface area contributed by atoms with Gasteiger partial charge in [0.2, 0.25) is 0 Å². The van der Waals surface area contributed by atoms with Crippen LogP contribution >= 0.6 is 0 Å². The first-order chi connectivity index (χ1) is 18.8. The topological polar surface area (TPSA) is 57.2 Å². The van der Waals surface area contributed by atoms with Crippen molar-refractivity contribution in [2.45, 2.75) is 52.0 Å². The van der Waals surface area contributed by atoms with Gasteiger partial charge in [0.25, 0.3) is 0 Å². The highest BCUT2D eigenvalue weighted by molar-refractivity contribution is 6.60. The molecule has 0 aliphatic rings. The Balaban J connectivity index is 1.68. The second-order valence-electron chi connectivity index (χ2n) is 10.3. The third-order valence-electron chi connectivity index (χ3n) is 7.25. The standard InChI is InChI=1S/C32H43NO5Si/c1-7-26(25-32(2,3)31(34)38-23-14-24-39(35-4,36-5)37-6)27-19-21-30(22-20-27)33(28-15-10-8-11-16-28)29-17-12-9-13-18-29/h8-13,15-22,26H,7,14,23-25H2,1-6H3. The molecule has 3 rings (SSSR count). The van der Waals surface area contributed by atoms with E-state index >= 15 is 0 Å². The monoisotopic (exact) mass is 549 g/mol. The molecule has 0 fully saturated rings. The highest BCUT2D eigenvalue weighted by Gasteiger charge is 2.37. The Labute approximate surface area is 235 Å². The molecule has 7 heteroatoms. The van der Waals surface area contributed by atoms with Crippen molar-refractivity contribution < 1.29 is 22.8 Å². The van der Waals surface area contributed by atoms with Gasteiger partial charge in [0, 0.05) is 44.4 Å². The molecular weight excluding hydrogens is 506 g/mol. The van der Waals surface area contributed by atoms with Crippen LogP contribution in [0, 0.1) is 5.41 Å². The number of rotatable bonds is 15. The Kier molecular flexibility index (Phi) is 11.3. The minimum absolute atomic E-state index is 0.184. The van der Waals surface area contributed by atoms with E-state index in [1.54, 1.807) is 21.3 Å². The van der Waals surface area contributed by atoms with Gasteiger partial charge >= 0.3 is 14.8 Å². The second kappa shape index (κ2) is 14.4. The van der Waals surface area contributed by atoms with Crippen molar-refractivity contribution in [1.29, 1.82) is 0 Å². The van der Waals surface area contributed by atoms with Crippen LogP contribution in [0.15, 0.2) is 84.9 Å². The fourth-order valence-corrected chi connectivity index (χ4v) is 6.59. The number of hydrogen-bond donors (Lipinski definition) is 0. The van der Waals surface area contributed by atoms with Crippen molar-refractivity contribution in [2.75, 3.05) is 32.8 Å². The van der Waals surface area contributed by atoms with Gasteiger partial charge in [-0.05, 0) is 81.0 Å². The molecule has 0 saturated heterocycles. The van der Waals surface area contributed by atoms with Crippen LogP contribution in [0.4, 0.5) is 17.1 Å². The predicted octanol–water partition coefficient (Wildman–Crippen LogP) is 7.88. The van der Waals surface area contributed by atoms with Gasteiger partial charge in [-0.1, -0.05) is 55.5 Å². The van der Waals surface area contributed by atoms with Crippen LogP contribution in [-0.2, 0) is 22.8 Å². The van der Waals surface area contributed by atoms with Gasteiger partial charge in [-0.15, -0.1) is 0 Å². The van der Waals surface area contributed by atoms with Gasteiger partial charge < -0.3 is 22.9 Å². The van der Waals surface area contributed by atoms with E-state index in [4.69, 9.17) is 18.0 Å². The van der Waals surface area contributed by atoms with E-state index in [0.29, 0.717) is 25.5 Å². The third kappa shape index (κ3) is 8.02. The molecule has 0 N–H and O–H groups in total. The molecule has 39 heavy (non-hydrogen) atoms. The maximum atomic E-state index is 13.0. The molecule has 0 saturated carbocycles. The van der Waals surface area contributed by atoms with Gasteiger partial charge in [0.1, 0.15) is 0 Å². The fourth-order valence-electron chi connectivity index (χ4n) is 4.90. The van der Waals surface area contributed by atoms with Gasteiger partial charge in [-0.2, -0.15) is 0 Å². The maximum Gasteiger partial charge on any atom is 0.500 e. The zero-order valence-corrected chi connectivity index (χ0v) is 25.2. The lowest BCUT2D eigenvalue weighted by Crippen LogP contribution is -2.42. The molecule has 0 heterocycles. The number of benzene rings is 3. The van der Waals surface area contributed by atoms with Crippen molar-refractivity contribution in [3.05, 3.63) is 90.5 Å². The molecule has 0 spiro atoms. The van der Waals surface area contributed by atoms with Crippen molar-refractivity contribution >= 4 is 31.8 Å². The highest BCUT2D eigenvalue weighted by Crippen LogP contribution is 2.38. The summed E-state index contributed by atoms with van der Waals surface area (Å²) in [5.41, 5.74) is 3.91. The van der Waals surface area contributed by atoms with E-state index in [-0.39, 0.29) is 11.9 Å². The number of nitrogens with zero attached hydrogens (tertiary/aromatic N) is 1. The smallest absolute Gasteiger partial charge is 0.465 e. The summed E-state index contributed by atoms with van der Waals surface area (Å²) in [5.74, 6) is 0.0513. The average molecular weight is 550 g/mol. The van der Waals surface area contributed by atoms with E-state index < -0.39 is 14.2 Å². The average Bonchev–Trinajstić information content (AvgIpc) is 2.98. The maximum absolute atomic E-state index is 13.0. The van der Waals surface area contributed by atoms with Crippen LogP contribution < -0.4 is 4.90 Å². The van der Waals surface area contributed by atoms with Gasteiger partial charge in [-0.3, -0.25) is 4.79 Å². The van der Waals surface area contributed by atoms with E-state index in [2.05, 4.69) is 84.6 Å². The Morgan fingerprint density at radius 2 is 1.28 bits per heavy atom. The van der Waals surface area contributed by atoms with Crippen molar-refractivity contribution in [3.63, 3.8) is 0 Å². The summed E-state index contributed by atoms with van der Waals surface area (Å²) in [7, 11) is 2.11. The number of esters is 1. The first kappa shape index (κ1) is 30.6. The minimum Gasteiger partial charge on any atom is -0.465 e. The lowest BCUT2D eigenvalue weighted by Gasteiger charge is -2.29. The normalized spacial score (nSPS) is 12.7. The number of hydrogen-bond acceptors (Lipinski definition) is 6. The van der Waals surface area contributed by atoms with Crippen LogP contribution in [-0.4, -0.2) is 42.7 Å². The van der Waals surface area contributed by atoms with Crippen LogP contribution in [0.25, 0.3) is 0 Å². The quantitative estimate of drug-likeness (QED) is 0.109. The zero-order chi connectivity index (χ0) is 28.3. The van der Waals surface area contributed by atoms with Crippen LogP contribution in [0.2, 0.25) is 6.04 Å². The second-order valence-corrected chi connectivity index (χ2v) is 13.4. The largest absolute Gasteiger partial charge is 0.500 e. The molecule has 0 aliphatic heterocycles. The van der Waals surface area contributed by atoms with E-state index in [1.807, 2.05) is 26.0 Å². The Hall–Kier alpha value is -2.97. The van der Waals surface area contributed by atoms with E-state index in [0.717, 1.165) is 23.5 Å². The summed E-state index contributed by atoms with van der Waals surface area (Å²) in [6, 6.07) is 30.1. The molecule has 1 atom stereocenters. The Morgan fingerprint density at radius 3 is 1.74 bits per heavy atom. The van der Waals surface area contributed by atoms with E-state index in [9.17, 15) is 4.79 Å². The first-order valence-corrected chi connectivity index (χ1v) is 15.5. The van der Waals surface area contributed by atoms with Crippen LogP contribution in [0.5, 0.6) is 0 Å². The number of carbonyl (C=O) groups is 1. The van der Waals surface area contributed by atoms with Crippen molar-refractivity contribution in [3.8, 4) is 0 Å². The molecule has 3 aromatic rings. The molecule has 0 aromatic heterocycles. The molecule has 0 aliphatic carbocycles. The Morgan fingerprint density at radius 1 is 0.795 bits per heavy atom. The summed E-state index contributed by atoms with van der Waals surface area (Å²) in [6.07, 6.45) is 2.26. The molecule has 6 nitrogen and oxygen atoms in total. The summed E-state index contributed by atoms with van der Waals surface area (Å²) in [4.78, 5) is 15.3. The van der Waals surface area contributed by atoms with Crippen LogP contribution in [0.3, 0.4) is 0 Å². The van der Waals surface area contributed by atoms with Gasteiger partial charge in [-0.25, -0.2) is 0 Å². The zero-order valence-electron chi connectivity index (χ0n) is 24.2. The molecule has 210 valence electrons. The van der Waals surface area contributed by atoms with Crippen LogP contribution in [0.1, 0.15) is 51.5 Å². The van der Waals surface area contributed by atoms with Gasteiger partial charge in [0.05, 0.1) is 12.0 Å². The molecule has 0 bridgehead atoms. The lowest BCUT2D eigenvalue weighted by atomic mass is 9.79. The third-order valence-corrected chi connectivity index (χ3v) is 10.1. The lowest BCUT2D eigenvalue weighted by molar-refractivity contribution is -0.154. The first-order valence-electron chi connectivity index (χ1n) is 13.6. The van der Waals surface area contributed by atoms with Crippen molar-refractivity contribution in [2.24, 2.45) is 5.41 Å². The predicted molar refractivity (Wildman–Crippen MR) is 160 cm³/mol. The van der Waals surface area contributed by atoms with Gasteiger partial charge in [0.15, 0.2) is 0 Å². The number of ether oxygens (including phenoxy) is 1. The molecule has 0 amide bonds. The summed E-state index contributed by atoms with van der Waals surface area (Å²) in [5, 5.41) is 0. The molecule has 3 aromatic carbocycles. The minimum atomic E-state index is -2.66. The molecule has 0 radical (unpaired) electrons. The Bertz CT molecular complexity index is 1090. The highest BCUT2D eigenvalue weighted by atomic mass is 28.4. The summed E-state index contributed by atoms with van der Waals surface area (Å²) < 4.78 is 22.0. The SMILES string of the molecule is CCC(CC(C)(C)C(=O)OCCC[Si](OC)(OC)OC)c1ccc(N(c2ccccc2)c2ccccc2)cc1. The molecule has 1 unspecified atom stereocenters. The summed E-state index contributed by atoms with van der Waals surface area (Å²) in [6.45, 7) is 6.42. The summed E-state index contributed by atoms with van der Waals surface area (Å²) >= 11 is 0. The fraction of sp³-hybridized carbons (Fsp3) is 0.406. The number of carbonyl (C=O) groups excluding carboxylic acids is 1. The number of anilines is 3. The van der Waals surface area contributed by atoms with E-state index in [1.165, 1.54) is 5.56 Å².